The van der Waals surface area contributed by atoms with Gasteiger partial charge < -0.3 is 4.74 Å². The molecule has 0 amide bonds. The minimum Gasteiger partial charge on any atom is -0.469 e. The molecule has 9 atom stereocenters. The molecule has 5 fully saturated rings. The number of rotatable bonds is 2. The van der Waals surface area contributed by atoms with Gasteiger partial charge in [-0.15, -0.1) is 0 Å². The highest BCUT2D eigenvalue weighted by molar-refractivity contribution is 5.85. The summed E-state index contributed by atoms with van der Waals surface area (Å²) < 4.78 is 5.49. The fourth-order valence-electron chi connectivity index (χ4n) is 11.5. The highest BCUT2D eigenvalue weighted by atomic mass is 16.5. The van der Waals surface area contributed by atoms with Gasteiger partial charge in [0, 0.05) is 11.8 Å². The lowest BCUT2D eigenvalue weighted by Crippen LogP contribution is -2.66. The molecule has 0 aliphatic heterocycles. The Kier molecular flexibility index (Phi) is 5.38. The molecule has 34 heavy (non-hydrogen) atoms. The molecule has 3 nitrogen and oxygen atoms in total. The molecule has 0 N–H and O–H groups in total. The number of hydrogen-bond acceptors (Lipinski definition) is 3. The molecule has 0 aromatic rings. The summed E-state index contributed by atoms with van der Waals surface area (Å²) in [4.78, 5) is 26.3. The van der Waals surface area contributed by atoms with E-state index in [-0.39, 0.29) is 33.0 Å². The third-order valence-electron chi connectivity index (χ3n) is 13.4. The molecule has 5 aliphatic rings. The normalized spacial score (nSPS) is 51.5. The van der Waals surface area contributed by atoms with E-state index in [1.54, 1.807) is 7.11 Å². The Morgan fingerprint density at radius 1 is 0.882 bits per heavy atom. The number of allylic oxidation sites excluding steroid dienone is 1. The summed E-state index contributed by atoms with van der Waals surface area (Å²) in [7, 11) is 1.59. The Hall–Kier alpha value is -1.12. The quantitative estimate of drug-likeness (QED) is 0.313. The van der Waals surface area contributed by atoms with Crippen LogP contribution in [0.2, 0.25) is 0 Å². The van der Waals surface area contributed by atoms with Crippen molar-refractivity contribution in [1.82, 2.24) is 0 Å². The maximum atomic E-state index is 13.3. The number of Topliss-reactive ketones (excluding diaryl/α,β-unsaturated/α-hetero) is 1. The zero-order chi connectivity index (χ0) is 24.9. The number of ketones is 1. The first kappa shape index (κ1) is 24.6. The van der Waals surface area contributed by atoms with E-state index in [9.17, 15) is 9.59 Å². The highest BCUT2D eigenvalue weighted by Crippen LogP contribution is 2.77. The molecular weight excluding hydrogens is 420 g/mol. The van der Waals surface area contributed by atoms with Crippen LogP contribution in [0.3, 0.4) is 0 Å². The third-order valence-corrected chi connectivity index (χ3v) is 13.4. The van der Waals surface area contributed by atoms with Gasteiger partial charge in [-0.25, -0.2) is 0 Å². The smallest absolute Gasteiger partial charge is 0.312 e. The van der Waals surface area contributed by atoms with Gasteiger partial charge in [0.15, 0.2) is 0 Å². The number of esters is 1. The predicted octanol–water partition coefficient (Wildman–Crippen LogP) is 7.39. The summed E-state index contributed by atoms with van der Waals surface area (Å²) in [5, 5.41) is 0. The van der Waals surface area contributed by atoms with Crippen molar-refractivity contribution in [2.24, 2.45) is 56.7 Å². The summed E-state index contributed by atoms with van der Waals surface area (Å²) in [6.07, 6.45) is 10.8. The van der Waals surface area contributed by atoms with Crippen LogP contribution in [0, 0.1) is 56.7 Å². The SMILES string of the molecule is C=C(C)[C@@H]1CC[C@@]2(C(=O)OC)CC[C@]3(C)[C@H](CC[C@H]4[C@@]5(C)CCC(=O)C(C)(C)[C@H]5CC[C@@]43C)[C@@H]12. The number of carbonyl (C=O) groups is 2. The zero-order valence-corrected chi connectivity index (χ0v) is 22.9. The number of hydrogen-bond donors (Lipinski definition) is 0. The second-order valence-electron chi connectivity index (χ2n) is 14.5. The van der Waals surface area contributed by atoms with Gasteiger partial charge >= 0.3 is 5.97 Å². The van der Waals surface area contributed by atoms with Crippen molar-refractivity contribution in [3.63, 3.8) is 0 Å². The Balaban J connectivity index is 1.57. The van der Waals surface area contributed by atoms with Gasteiger partial charge in [0.05, 0.1) is 12.5 Å². The first-order valence-corrected chi connectivity index (χ1v) is 14.1. The van der Waals surface area contributed by atoms with Crippen LogP contribution in [0.5, 0.6) is 0 Å². The van der Waals surface area contributed by atoms with Crippen LogP contribution in [0.1, 0.15) is 106 Å². The van der Waals surface area contributed by atoms with Crippen molar-refractivity contribution in [3.05, 3.63) is 12.2 Å². The van der Waals surface area contributed by atoms with Gasteiger partial charge in [0.2, 0.25) is 0 Å². The minimum atomic E-state index is -0.313. The first-order valence-electron chi connectivity index (χ1n) is 14.1. The van der Waals surface area contributed by atoms with Crippen LogP contribution in [-0.2, 0) is 14.3 Å². The van der Waals surface area contributed by atoms with E-state index >= 15 is 0 Å². The second kappa shape index (κ2) is 7.45. The van der Waals surface area contributed by atoms with E-state index in [2.05, 4.69) is 48.1 Å². The van der Waals surface area contributed by atoms with Crippen LogP contribution in [0.25, 0.3) is 0 Å². The molecule has 0 radical (unpaired) electrons. The molecule has 0 unspecified atom stereocenters. The van der Waals surface area contributed by atoms with Gasteiger partial charge in [-0.1, -0.05) is 46.8 Å². The minimum absolute atomic E-state index is 0.0405. The Bertz CT molecular complexity index is 918. The molecular formula is C31H48O3. The molecule has 0 saturated heterocycles. The average molecular weight is 469 g/mol. The molecule has 5 rings (SSSR count). The van der Waals surface area contributed by atoms with Crippen molar-refractivity contribution in [1.29, 1.82) is 0 Å². The Morgan fingerprint density at radius 2 is 1.59 bits per heavy atom. The molecule has 3 heteroatoms. The van der Waals surface area contributed by atoms with Crippen molar-refractivity contribution in [2.45, 2.75) is 106 Å². The molecule has 190 valence electrons. The number of methoxy groups -OCH3 is 1. The monoisotopic (exact) mass is 468 g/mol. The van der Waals surface area contributed by atoms with E-state index in [1.807, 2.05) is 0 Å². The fourth-order valence-corrected chi connectivity index (χ4v) is 11.5. The summed E-state index contributed by atoms with van der Waals surface area (Å²) in [5.41, 5.74) is 1.45. The Labute approximate surface area is 207 Å². The lowest BCUT2D eigenvalue weighted by Gasteiger charge is -2.72. The van der Waals surface area contributed by atoms with E-state index in [0.717, 1.165) is 38.5 Å². The van der Waals surface area contributed by atoms with Crippen LogP contribution >= 0.6 is 0 Å². The van der Waals surface area contributed by atoms with E-state index in [0.29, 0.717) is 35.4 Å². The first-order chi connectivity index (χ1) is 15.8. The van der Waals surface area contributed by atoms with Gasteiger partial charge in [0.25, 0.3) is 0 Å². The number of ether oxygens (including phenoxy) is 1. The molecule has 0 heterocycles. The van der Waals surface area contributed by atoms with Gasteiger partial charge in [-0.3, -0.25) is 9.59 Å². The number of carbonyl (C=O) groups excluding carboxylic acids is 2. The fraction of sp³-hybridized carbons (Fsp3) is 0.871. The van der Waals surface area contributed by atoms with Crippen LogP contribution in [-0.4, -0.2) is 18.9 Å². The molecule has 0 bridgehead atoms. The van der Waals surface area contributed by atoms with Crippen LogP contribution in [0.15, 0.2) is 12.2 Å². The van der Waals surface area contributed by atoms with Crippen molar-refractivity contribution in [3.8, 4) is 0 Å². The predicted molar refractivity (Wildman–Crippen MR) is 136 cm³/mol. The maximum Gasteiger partial charge on any atom is 0.312 e. The highest BCUT2D eigenvalue weighted by Gasteiger charge is 2.72. The van der Waals surface area contributed by atoms with E-state index in [4.69, 9.17) is 4.74 Å². The van der Waals surface area contributed by atoms with E-state index in [1.165, 1.54) is 31.3 Å². The summed E-state index contributed by atoms with van der Waals surface area (Å²) in [5.74, 6) is 3.01. The molecule has 5 saturated carbocycles. The van der Waals surface area contributed by atoms with Crippen molar-refractivity contribution >= 4 is 11.8 Å². The number of fused-ring (bicyclic) bond motifs is 7. The average Bonchev–Trinajstić information content (AvgIpc) is 3.18. The van der Waals surface area contributed by atoms with Crippen LogP contribution < -0.4 is 0 Å². The zero-order valence-electron chi connectivity index (χ0n) is 22.9. The van der Waals surface area contributed by atoms with Crippen molar-refractivity contribution in [2.75, 3.05) is 7.11 Å². The standard InChI is InChI=1S/C31H48O3/c1-19(2)20-11-16-31(26(33)34-8)18-17-29(6)21(25(20)31)9-10-23-28(5)14-13-24(32)27(3,4)22(28)12-15-30(23,29)7/h20-23,25H,1,9-18H2,2-8H3/t20-,21+,22+,23-,25+,28-,29+,30-,31+/m0/s1. The van der Waals surface area contributed by atoms with Gasteiger partial charge in [-0.2, -0.15) is 0 Å². The van der Waals surface area contributed by atoms with Gasteiger partial charge in [-0.05, 0) is 111 Å². The van der Waals surface area contributed by atoms with E-state index < -0.39 is 0 Å². The molecule has 0 aromatic carbocycles. The molecule has 5 aliphatic carbocycles. The van der Waals surface area contributed by atoms with Crippen LogP contribution in [0.4, 0.5) is 0 Å². The second-order valence-corrected chi connectivity index (χ2v) is 14.5. The largest absolute Gasteiger partial charge is 0.469 e. The lowest BCUT2D eigenvalue weighted by molar-refractivity contribution is -0.235. The maximum absolute atomic E-state index is 13.3. The third kappa shape index (κ3) is 2.76. The topological polar surface area (TPSA) is 43.4 Å². The lowest BCUT2D eigenvalue weighted by atomic mass is 9.32. The summed E-state index contributed by atoms with van der Waals surface area (Å²) >= 11 is 0. The summed E-state index contributed by atoms with van der Waals surface area (Å²) in [6.45, 7) is 18.8. The summed E-state index contributed by atoms with van der Waals surface area (Å²) in [6, 6.07) is 0. The molecule has 0 spiro atoms. The Morgan fingerprint density at radius 3 is 2.24 bits per heavy atom. The van der Waals surface area contributed by atoms with Gasteiger partial charge in [0.1, 0.15) is 5.78 Å². The van der Waals surface area contributed by atoms with Crippen molar-refractivity contribution < 1.29 is 14.3 Å². The molecule has 0 aromatic heterocycles.